The van der Waals surface area contributed by atoms with Crippen LogP contribution < -0.4 is 5.32 Å². The van der Waals surface area contributed by atoms with Crippen molar-refractivity contribution in [1.29, 1.82) is 0 Å². The number of rotatable bonds is 8. The molecule has 2 unspecified atom stereocenters. The molecule has 0 spiro atoms. The predicted molar refractivity (Wildman–Crippen MR) is 85.3 cm³/mol. The minimum Gasteiger partial charge on any atom is -0.465 e. The quantitative estimate of drug-likeness (QED) is 0.699. The van der Waals surface area contributed by atoms with Crippen molar-refractivity contribution in [2.45, 2.75) is 89.4 Å². The van der Waals surface area contributed by atoms with Crippen LogP contribution in [0.3, 0.4) is 0 Å². The fourth-order valence-corrected chi connectivity index (χ4v) is 3.58. The van der Waals surface area contributed by atoms with E-state index in [2.05, 4.69) is 24.2 Å². The van der Waals surface area contributed by atoms with E-state index >= 15 is 0 Å². The van der Waals surface area contributed by atoms with E-state index in [1.165, 1.54) is 38.5 Å². The predicted octanol–water partition coefficient (Wildman–Crippen LogP) is 2.71. The summed E-state index contributed by atoms with van der Waals surface area (Å²) in [5, 5.41) is 3.53. The summed E-state index contributed by atoms with van der Waals surface area (Å²) < 4.78 is 5.32. The summed E-state index contributed by atoms with van der Waals surface area (Å²) in [6, 6.07) is 1.57. The second kappa shape index (κ2) is 7.10. The normalized spacial score (nSPS) is 24.0. The Labute approximate surface area is 129 Å². The Balaban J connectivity index is 1.97. The number of carbonyl (C=O) groups excluding carboxylic acids is 1. The monoisotopic (exact) mass is 296 g/mol. The molecule has 2 saturated carbocycles. The summed E-state index contributed by atoms with van der Waals surface area (Å²) in [7, 11) is 2.21. The zero-order valence-corrected chi connectivity index (χ0v) is 14.2. The highest BCUT2D eigenvalue weighted by molar-refractivity contribution is 5.80. The van der Waals surface area contributed by atoms with Gasteiger partial charge in [0.15, 0.2) is 0 Å². The van der Waals surface area contributed by atoms with Gasteiger partial charge in [-0.1, -0.05) is 12.8 Å². The van der Waals surface area contributed by atoms with E-state index < -0.39 is 5.54 Å². The minimum absolute atomic E-state index is 0.0939. The number of nitrogens with one attached hydrogen (secondary N) is 1. The van der Waals surface area contributed by atoms with E-state index in [4.69, 9.17) is 4.74 Å². The summed E-state index contributed by atoms with van der Waals surface area (Å²) in [4.78, 5) is 14.9. The van der Waals surface area contributed by atoms with Crippen molar-refractivity contribution >= 4 is 5.97 Å². The zero-order valence-electron chi connectivity index (χ0n) is 14.2. The van der Waals surface area contributed by atoms with Gasteiger partial charge in [0.25, 0.3) is 0 Å². The smallest absolute Gasteiger partial charge is 0.326 e. The summed E-state index contributed by atoms with van der Waals surface area (Å²) in [6.07, 6.45) is 8.47. The van der Waals surface area contributed by atoms with Crippen LogP contribution in [0.2, 0.25) is 0 Å². The average Bonchev–Trinajstić information content (AvgIpc) is 3.07. The van der Waals surface area contributed by atoms with Crippen LogP contribution in [0.15, 0.2) is 0 Å². The molecule has 0 radical (unpaired) electrons. The third-order valence-corrected chi connectivity index (χ3v) is 5.13. The van der Waals surface area contributed by atoms with Crippen LogP contribution in [0.4, 0.5) is 0 Å². The summed E-state index contributed by atoms with van der Waals surface area (Å²) in [6.45, 7) is 6.59. The topological polar surface area (TPSA) is 41.6 Å². The Morgan fingerprint density at radius 3 is 2.48 bits per heavy atom. The van der Waals surface area contributed by atoms with Crippen molar-refractivity contribution in [2.24, 2.45) is 0 Å². The highest BCUT2D eigenvalue weighted by atomic mass is 16.5. The largest absolute Gasteiger partial charge is 0.465 e. The molecule has 0 heterocycles. The van der Waals surface area contributed by atoms with Gasteiger partial charge in [0.1, 0.15) is 5.54 Å². The van der Waals surface area contributed by atoms with Gasteiger partial charge in [-0.25, -0.2) is 0 Å². The highest BCUT2D eigenvalue weighted by Gasteiger charge is 2.41. The first-order chi connectivity index (χ1) is 9.96. The molecule has 4 heteroatoms. The maximum Gasteiger partial charge on any atom is 0.326 e. The van der Waals surface area contributed by atoms with Crippen LogP contribution in [0.5, 0.6) is 0 Å². The minimum atomic E-state index is -0.552. The van der Waals surface area contributed by atoms with Gasteiger partial charge in [-0.3, -0.25) is 10.1 Å². The molecule has 122 valence electrons. The maximum atomic E-state index is 12.4. The highest BCUT2D eigenvalue weighted by Crippen LogP contribution is 2.29. The summed E-state index contributed by atoms with van der Waals surface area (Å²) >= 11 is 0. The number of carbonyl (C=O) groups is 1. The Kier molecular flexibility index (Phi) is 5.67. The van der Waals surface area contributed by atoms with E-state index in [0.29, 0.717) is 24.7 Å². The number of hydrogen-bond acceptors (Lipinski definition) is 4. The van der Waals surface area contributed by atoms with Crippen LogP contribution in [0.25, 0.3) is 0 Å². The van der Waals surface area contributed by atoms with Crippen molar-refractivity contribution in [3.63, 3.8) is 0 Å². The van der Waals surface area contributed by atoms with Crippen molar-refractivity contribution in [3.8, 4) is 0 Å². The van der Waals surface area contributed by atoms with E-state index in [1.54, 1.807) is 0 Å². The van der Waals surface area contributed by atoms with Gasteiger partial charge >= 0.3 is 5.97 Å². The molecule has 2 rings (SSSR count). The summed E-state index contributed by atoms with van der Waals surface area (Å²) in [5.41, 5.74) is -0.552. The standard InChI is InChI=1S/C17H32N2O2/c1-5-21-16(20)17(3,18-14-10-11-14)12-13(2)19(4)15-8-6-7-9-15/h13-15,18H,5-12H2,1-4H3. The molecule has 2 aliphatic carbocycles. The molecule has 2 atom stereocenters. The third-order valence-electron chi connectivity index (χ3n) is 5.13. The van der Waals surface area contributed by atoms with Crippen LogP contribution >= 0.6 is 0 Å². The fourth-order valence-electron chi connectivity index (χ4n) is 3.58. The lowest BCUT2D eigenvalue weighted by Crippen LogP contribution is -2.55. The van der Waals surface area contributed by atoms with E-state index in [9.17, 15) is 4.79 Å². The average molecular weight is 296 g/mol. The maximum absolute atomic E-state index is 12.4. The van der Waals surface area contributed by atoms with Crippen LogP contribution in [-0.4, -0.2) is 48.2 Å². The Bertz CT molecular complexity index is 351. The van der Waals surface area contributed by atoms with E-state index in [1.807, 2.05) is 13.8 Å². The van der Waals surface area contributed by atoms with Crippen molar-refractivity contribution in [2.75, 3.05) is 13.7 Å². The molecule has 0 aromatic heterocycles. The van der Waals surface area contributed by atoms with Gasteiger partial charge in [0, 0.05) is 18.1 Å². The second-order valence-electron chi connectivity index (χ2n) is 7.13. The lowest BCUT2D eigenvalue weighted by Gasteiger charge is -2.37. The molecular weight excluding hydrogens is 264 g/mol. The lowest BCUT2D eigenvalue weighted by atomic mass is 9.92. The first-order valence-electron chi connectivity index (χ1n) is 8.63. The van der Waals surface area contributed by atoms with Crippen LogP contribution in [0.1, 0.15) is 65.7 Å². The Morgan fingerprint density at radius 2 is 1.95 bits per heavy atom. The van der Waals surface area contributed by atoms with Gasteiger partial charge in [-0.2, -0.15) is 0 Å². The molecule has 4 nitrogen and oxygen atoms in total. The van der Waals surface area contributed by atoms with Crippen molar-refractivity contribution in [1.82, 2.24) is 10.2 Å². The molecule has 0 bridgehead atoms. The third kappa shape index (κ3) is 4.43. The molecule has 2 aliphatic rings. The molecule has 0 aromatic rings. The SMILES string of the molecule is CCOC(=O)C(C)(CC(C)N(C)C1CCCC1)NC1CC1. The van der Waals surface area contributed by atoms with Crippen LogP contribution in [0, 0.1) is 0 Å². The van der Waals surface area contributed by atoms with Crippen molar-refractivity contribution in [3.05, 3.63) is 0 Å². The molecule has 0 amide bonds. The molecule has 21 heavy (non-hydrogen) atoms. The first kappa shape index (κ1) is 16.8. The van der Waals surface area contributed by atoms with Gasteiger partial charge in [0.2, 0.25) is 0 Å². The molecule has 1 N–H and O–H groups in total. The molecule has 2 fully saturated rings. The Morgan fingerprint density at radius 1 is 1.33 bits per heavy atom. The molecular formula is C17H32N2O2. The Hall–Kier alpha value is -0.610. The van der Waals surface area contributed by atoms with E-state index in [-0.39, 0.29) is 5.97 Å². The summed E-state index contributed by atoms with van der Waals surface area (Å²) in [5.74, 6) is -0.0939. The van der Waals surface area contributed by atoms with E-state index in [0.717, 1.165) is 6.42 Å². The van der Waals surface area contributed by atoms with Gasteiger partial charge < -0.3 is 9.64 Å². The molecule has 0 saturated heterocycles. The first-order valence-corrected chi connectivity index (χ1v) is 8.63. The van der Waals surface area contributed by atoms with Gasteiger partial charge in [-0.05, 0) is 59.9 Å². The lowest BCUT2D eigenvalue weighted by molar-refractivity contribution is -0.151. The number of esters is 1. The second-order valence-corrected chi connectivity index (χ2v) is 7.13. The number of hydrogen-bond donors (Lipinski definition) is 1. The van der Waals surface area contributed by atoms with Crippen LogP contribution in [-0.2, 0) is 9.53 Å². The van der Waals surface area contributed by atoms with Crippen molar-refractivity contribution < 1.29 is 9.53 Å². The zero-order chi connectivity index (χ0) is 15.5. The molecule has 0 aromatic carbocycles. The van der Waals surface area contributed by atoms with Gasteiger partial charge in [-0.15, -0.1) is 0 Å². The fraction of sp³-hybridized carbons (Fsp3) is 0.941. The molecule has 0 aliphatic heterocycles. The number of ether oxygens (including phenoxy) is 1. The number of nitrogens with zero attached hydrogens (tertiary/aromatic N) is 1. The van der Waals surface area contributed by atoms with Gasteiger partial charge in [0.05, 0.1) is 6.61 Å².